The zero-order valence-electron chi connectivity index (χ0n) is 11.2. The number of halogens is 1. The number of rotatable bonds is 4. The zero-order chi connectivity index (χ0) is 13.9. The Morgan fingerprint density at radius 3 is 2.60 bits per heavy atom. The minimum absolute atomic E-state index is 0.148. The van der Waals surface area contributed by atoms with Crippen molar-refractivity contribution in [1.82, 2.24) is 5.32 Å². The number of hydrogen-bond donors (Lipinski definition) is 1. The highest BCUT2D eigenvalue weighted by Gasteiger charge is 2.17. The fourth-order valence-electron chi connectivity index (χ4n) is 2.37. The van der Waals surface area contributed by atoms with E-state index in [1.165, 1.54) is 12.1 Å². The SMILES string of the molecule is CNC(Cc1ccc(F)cc1)c1ccc2c(c1)OCO2. The van der Waals surface area contributed by atoms with Crippen LogP contribution in [0.25, 0.3) is 0 Å². The van der Waals surface area contributed by atoms with E-state index >= 15 is 0 Å². The number of fused-ring (bicyclic) bond motifs is 1. The van der Waals surface area contributed by atoms with Gasteiger partial charge in [0.1, 0.15) is 5.82 Å². The Kier molecular flexibility index (Phi) is 3.56. The third-order valence-corrected chi connectivity index (χ3v) is 3.50. The summed E-state index contributed by atoms with van der Waals surface area (Å²) in [5.41, 5.74) is 2.21. The zero-order valence-corrected chi connectivity index (χ0v) is 11.2. The maximum Gasteiger partial charge on any atom is 0.231 e. The normalized spacial score (nSPS) is 14.3. The molecular weight excluding hydrogens is 257 g/mol. The molecular formula is C16H16FNO2. The molecule has 2 aromatic carbocycles. The second-order valence-electron chi connectivity index (χ2n) is 4.78. The lowest BCUT2D eigenvalue weighted by molar-refractivity contribution is 0.174. The molecule has 0 aromatic heterocycles. The molecule has 4 heteroatoms. The maximum atomic E-state index is 12.9. The third-order valence-electron chi connectivity index (χ3n) is 3.50. The molecule has 2 aromatic rings. The first-order valence-electron chi connectivity index (χ1n) is 6.57. The summed E-state index contributed by atoms with van der Waals surface area (Å²) in [6, 6.07) is 12.7. The molecule has 1 unspecified atom stereocenters. The number of nitrogens with one attached hydrogen (secondary N) is 1. The smallest absolute Gasteiger partial charge is 0.231 e. The van der Waals surface area contributed by atoms with E-state index in [2.05, 4.69) is 5.32 Å². The van der Waals surface area contributed by atoms with Gasteiger partial charge in [-0.2, -0.15) is 0 Å². The second kappa shape index (κ2) is 5.51. The first-order chi connectivity index (χ1) is 9.76. The Hall–Kier alpha value is -2.07. The Morgan fingerprint density at radius 2 is 1.85 bits per heavy atom. The summed E-state index contributed by atoms with van der Waals surface area (Å²) in [6.45, 7) is 0.279. The number of ether oxygens (including phenoxy) is 2. The van der Waals surface area contributed by atoms with Crippen molar-refractivity contribution in [2.75, 3.05) is 13.8 Å². The lowest BCUT2D eigenvalue weighted by atomic mass is 9.98. The Bertz CT molecular complexity index is 598. The standard InChI is InChI=1S/C16H16FNO2/c1-18-14(8-11-2-5-13(17)6-3-11)12-4-7-15-16(9-12)20-10-19-15/h2-7,9,14,18H,8,10H2,1H3. The summed E-state index contributed by atoms with van der Waals surface area (Å²) in [6.07, 6.45) is 0.788. The van der Waals surface area contributed by atoms with E-state index in [0.717, 1.165) is 29.0 Å². The van der Waals surface area contributed by atoms with E-state index < -0.39 is 0 Å². The van der Waals surface area contributed by atoms with E-state index in [4.69, 9.17) is 9.47 Å². The lowest BCUT2D eigenvalue weighted by Crippen LogP contribution is -2.18. The molecule has 0 saturated heterocycles. The fraction of sp³-hybridized carbons (Fsp3) is 0.250. The molecule has 1 aliphatic heterocycles. The first-order valence-corrected chi connectivity index (χ1v) is 6.57. The summed E-state index contributed by atoms with van der Waals surface area (Å²) in [4.78, 5) is 0. The Labute approximate surface area is 117 Å². The van der Waals surface area contributed by atoms with Gasteiger partial charge in [0.15, 0.2) is 11.5 Å². The van der Waals surface area contributed by atoms with Gasteiger partial charge >= 0.3 is 0 Å². The van der Waals surface area contributed by atoms with Gasteiger partial charge in [-0.15, -0.1) is 0 Å². The summed E-state index contributed by atoms with van der Waals surface area (Å²) >= 11 is 0. The van der Waals surface area contributed by atoms with Crippen LogP contribution in [0.3, 0.4) is 0 Å². The van der Waals surface area contributed by atoms with Crippen molar-refractivity contribution in [2.45, 2.75) is 12.5 Å². The average molecular weight is 273 g/mol. The summed E-state index contributed by atoms with van der Waals surface area (Å²) in [5, 5.41) is 3.28. The van der Waals surface area contributed by atoms with Crippen molar-refractivity contribution < 1.29 is 13.9 Å². The fourth-order valence-corrected chi connectivity index (χ4v) is 2.37. The monoisotopic (exact) mass is 273 g/mol. The van der Waals surface area contributed by atoms with Crippen LogP contribution in [0.2, 0.25) is 0 Å². The van der Waals surface area contributed by atoms with Crippen molar-refractivity contribution in [2.24, 2.45) is 0 Å². The largest absolute Gasteiger partial charge is 0.454 e. The summed E-state index contributed by atoms with van der Waals surface area (Å²) < 4.78 is 23.6. The van der Waals surface area contributed by atoms with E-state index in [-0.39, 0.29) is 18.7 Å². The molecule has 0 aliphatic carbocycles. The minimum atomic E-state index is -0.210. The lowest BCUT2D eigenvalue weighted by Gasteiger charge is -2.17. The molecule has 1 heterocycles. The van der Waals surface area contributed by atoms with Gasteiger partial charge in [-0.3, -0.25) is 0 Å². The summed E-state index contributed by atoms with van der Waals surface area (Å²) in [5.74, 6) is 1.35. The number of hydrogen-bond acceptors (Lipinski definition) is 3. The van der Waals surface area contributed by atoms with Crippen LogP contribution in [0.15, 0.2) is 42.5 Å². The highest BCUT2D eigenvalue weighted by molar-refractivity contribution is 5.45. The van der Waals surface area contributed by atoms with Crippen molar-refractivity contribution >= 4 is 0 Å². The average Bonchev–Trinajstić information content (AvgIpc) is 2.94. The molecule has 0 saturated carbocycles. The predicted octanol–water partition coefficient (Wildman–Crippen LogP) is 3.06. The van der Waals surface area contributed by atoms with Crippen LogP contribution >= 0.6 is 0 Å². The van der Waals surface area contributed by atoms with Gasteiger partial charge in [-0.25, -0.2) is 4.39 Å². The van der Waals surface area contributed by atoms with Gasteiger partial charge in [0.2, 0.25) is 6.79 Å². The highest BCUT2D eigenvalue weighted by Crippen LogP contribution is 2.34. The predicted molar refractivity (Wildman–Crippen MR) is 74.5 cm³/mol. The van der Waals surface area contributed by atoms with Gasteiger partial charge in [-0.05, 0) is 48.9 Å². The topological polar surface area (TPSA) is 30.5 Å². The minimum Gasteiger partial charge on any atom is -0.454 e. The van der Waals surface area contributed by atoms with E-state index in [1.807, 2.05) is 37.4 Å². The quantitative estimate of drug-likeness (QED) is 0.928. The third kappa shape index (κ3) is 2.60. The maximum absolute atomic E-state index is 12.9. The van der Waals surface area contributed by atoms with Crippen molar-refractivity contribution in [1.29, 1.82) is 0 Å². The van der Waals surface area contributed by atoms with Gasteiger partial charge in [-0.1, -0.05) is 18.2 Å². The molecule has 0 spiro atoms. The van der Waals surface area contributed by atoms with Crippen LogP contribution in [0.1, 0.15) is 17.2 Å². The summed E-state index contributed by atoms with van der Waals surface area (Å²) in [7, 11) is 1.92. The van der Waals surface area contributed by atoms with Gasteiger partial charge in [0, 0.05) is 6.04 Å². The molecule has 3 nitrogen and oxygen atoms in total. The van der Waals surface area contributed by atoms with Crippen LogP contribution in [-0.4, -0.2) is 13.8 Å². The second-order valence-corrected chi connectivity index (χ2v) is 4.78. The number of benzene rings is 2. The molecule has 0 amide bonds. The molecule has 0 bridgehead atoms. The molecule has 0 radical (unpaired) electrons. The molecule has 3 rings (SSSR count). The molecule has 1 atom stereocenters. The first kappa shape index (κ1) is 12.9. The van der Waals surface area contributed by atoms with Gasteiger partial charge in [0.25, 0.3) is 0 Å². The number of likely N-dealkylation sites (N-methyl/N-ethyl adjacent to an activating group) is 1. The van der Waals surface area contributed by atoms with Crippen molar-refractivity contribution in [3.05, 3.63) is 59.4 Å². The van der Waals surface area contributed by atoms with E-state index in [9.17, 15) is 4.39 Å². The van der Waals surface area contributed by atoms with Crippen LogP contribution in [-0.2, 0) is 6.42 Å². The molecule has 104 valence electrons. The molecule has 1 aliphatic rings. The Morgan fingerprint density at radius 1 is 1.10 bits per heavy atom. The van der Waals surface area contributed by atoms with Crippen LogP contribution in [0.5, 0.6) is 11.5 Å². The van der Waals surface area contributed by atoms with Crippen LogP contribution < -0.4 is 14.8 Å². The van der Waals surface area contributed by atoms with Gasteiger partial charge < -0.3 is 14.8 Å². The molecule has 20 heavy (non-hydrogen) atoms. The van der Waals surface area contributed by atoms with Crippen LogP contribution in [0, 0.1) is 5.82 Å². The van der Waals surface area contributed by atoms with Crippen LogP contribution in [0.4, 0.5) is 4.39 Å². The molecule has 1 N–H and O–H groups in total. The molecule has 0 fully saturated rings. The highest BCUT2D eigenvalue weighted by atomic mass is 19.1. The van der Waals surface area contributed by atoms with Crippen molar-refractivity contribution in [3.8, 4) is 11.5 Å². The van der Waals surface area contributed by atoms with Gasteiger partial charge in [0.05, 0.1) is 0 Å². The van der Waals surface area contributed by atoms with Crippen molar-refractivity contribution in [3.63, 3.8) is 0 Å². The van der Waals surface area contributed by atoms with E-state index in [1.54, 1.807) is 0 Å². The van der Waals surface area contributed by atoms with E-state index in [0.29, 0.717) is 0 Å². The Balaban J connectivity index is 1.81.